The molecule has 18 heavy (non-hydrogen) atoms. The summed E-state index contributed by atoms with van der Waals surface area (Å²) in [7, 11) is 3.37. The molecule has 0 heterocycles. The minimum atomic E-state index is -0.840. The van der Waals surface area contributed by atoms with Crippen LogP contribution in [-0.2, 0) is 4.79 Å². The number of amides is 2. The molecule has 0 saturated carbocycles. The van der Waals surface area contributed by atoms with Crippen LogP contribution >= 0.6 is 0 Å². The van der Waals surface area contributed by atoms with Gasteiger partial charge < -0.3 is 10.0 Å². The summed E-state index contributed by atoms with van der Waals surface area (Å²) < 4.78 is 0. The third-order valence-electron chi connectivity index (χ3n) is 2.64. The SMILES string of the molecule is CN(CCCC(=O)O)C(=O)N(C)c1ccccc1. The van der Waals surface area contributed by atoms with Gasteiger partial charge in [-0.25, -0.2) is 4.79 Å². The highest BCUT2D eigenvalue weighted by Gasteiger charge is 2.15. The van der Waals surface area contributed by atoms with Crippen LogP contribution in [0, 0.1) is 0 Å². The molecule has 0 aliphatic rings. The summed E-state index contributed by atoms with van der Waals surface area (Å²) in [6.45, 7) is 0.433. The number of carboxylic acids is 1. The number of para-hydroxylation sites is 1. The van der Waals surface area contributed by atoms with Crippen LogP contribution < -0.4 is 4.90 Å². The predicted molar refractivity (Wildman–Crippen MR) is 69.7 cm³/mol. The van der Waals surface area contributed by atoms with Crippen LogP contribution in [0.4, 0.5) is 10.5 Å². The Kier molecular flexibility index (Phi) is 5.17. The van der Waals surface area contributed by atoms with Crippen LogP contribution in [0.3, 0.4) is 0 Å². The summed E-state index contributed by atoms with van der Waals surface area (Å²) in [6, 6.07) is 9.17. The topological polar surface area (TPSA) is 60.9 Å². The van der Waals surface area contributed by atoms with Gasteiger partial charge in [0, 0.05) is 32.7 Å². The quantitative estimate of drug-likeness (QED) is 0.869. The van der Waals surface area contributed by atoms with Crippen molar-refractivity contribution in [3.05, 3.63) is 30.3 Å². The van der Waals surface area contributed by atoms with Crippen LogP contribution in [0.1, 0.15) is 12.8 Å². The maximum atomic E-state index is 12.0. The molecular weight excluding hydrogens is 232 g/mol. The van der Waals surface area contributed by atoms with Crippen molar-refractivity contribution in [2.75, 3.05) is 25.5 Å². The molecule has 5 nitrogen and oxygen atoms in total. The zero-order valence-corrected chi connectivity index (χ0v) is 10.7. The smallest absolute Gasteiger partial charge is 0.323 e. The molecule has 2 amide bonds. The third kappa shape index (κ3) is 4.08. The van der Waals surface area contributed by atoms with Crippen LogP contribution in [0.2, 0.25) is 0 Å². The number of carbonyl (C=O) groups is 2. The van der Waals surface area contributed by atoms with Crippen LogP contribution in [0.15, 0.2) is 30.3 Å². The van der Waals surface area contributed by atoms with Crippen molar-refractivity contribution in [2.24, 2.45) is 0 Å². The van der Waals surface area contributed by atoms with Crippen LogP contribution in [-0.4, -0.2) is 42.6 Å². The Morgan fingerprint density at radius 2 is 1.78 bits per heavy atom. The molecule has 0 unspecified atom stereocenters. The van der Waals surface area contributed by atoms with Gasteiger partial charge in [0.15, 0.2) is 0 Å². The van der Waals surface area contributed by atoms with Gasteiger partial charge in [-0.3, -0.25) is 9.69 Å². The summed E-state index contributed by atoms with van der Waals surface area (Å²) in [5.74, 6) is -0.840. The summed E-state index contributed by atoms with van der Waals surface area (Å²) in [5, 5.41) is 8.54. The first-order valence-electron chi connectivity index (χ1n) is 5.78. The number of hydrogen-bond acceptors (Lipinski definition) is 2. The molecule has 0 aliphatic heterocycles. The second kappa shape index (κ2) is 6.64. The van der Waals surface area contributed by atoms with E-state index in [0.29, 0.717) is 13.0 Å². The Hall–Kier alpha value is -2.04. The number of urea groups is 1. The number of nitrogens with zero attached hydrogens (tertiary/aromatic N) is 2. The van der Waals surface area contributed by atoms with E-state index < -0.39 is 5.97 Å². The van der Waals surface area contributed by atoms with E-state index in [0.717, 1.165) is 5.69 Å². The van der Waals surface area contributed by atoms with Crippen molar-refractivity contribution in [3.8, 4) is 0 Å². The number of anilines is 1. The Balaban J connectivity index is 2.50. The molecule has 1 rings (SSSR count). The van der Waals surface area contributed by atoms with Crippen molar-refractivity contribution >= 4 is 17.7 Å². The third-order valence-corrected chi connectivity index (χ3v) is 2.64. The maximum absolute atomic E-state index is 12.0. The first-order chi connectivity index (χ1) is 8.52. The molecule has 98 valence electrons. The van der Waals surface area contributed by atoms with Gasteiger partial charge in [-0.05, 0) is 18.6 Å². The van der Waals surface area contributed by atoms with Gasteiger partial charge >= 0.3 is 12.0 Å². The number of hydrogen-bond donors (Lipinski definition) is 1. The van der Waals surface area contributed by atoms with Gasteiger partial charge in [0.1, 0.15) is 0 Å². The van der Waals surface area contributed by atoms with Crippen molar-refractivity contribution in [2.45, 2.75) is 12.8 Å². The number of rotatable bonds is 5. The first-order valence-corrected chi connectivity index (χ1v) is 5.78. The van der Waals surface area contributed by atoms with Crippen molar-refractivity contribution in [1.82, 2.24) is 4.90 Å². The van der Waals surface area contributed by atoms with Crippen LogP contribution in [0.25, 0.3) is 0 Å². The van der Waals surface area contributed by atoms with Gasteiger partial charge in [-0.2, -0.15) is 0 Å². The highest BCUT2D eigenvalue weighted by Crippen LogP contribution is 2.12. The van der Waals surface area contributed by atoms with Gasteiger partial charge in [0.25, 0.3) is 0 Å². The highest BCUT2D eigenvalue weighted by molar-refractivity contribution is 5.91. The standard InChI is InChI=1S/C13H18N2O3/c1-14(10-6-9-12(16)17)13(18)15(2)11-7-4-3-5-8-11/h3-5,7-8H,6,9-10H2,1-2H3,(H,16,17). The number of benzene rings is 1. The molecule has 5 heteroatoms. The molecule has 0 atom stereocenters. The van der Waals surface area contributed by atoms with E-state index in [1.165, 1.54) is 4.90 Å². The monoisotopic (exact) mass is 250 g/mol. The first kappa shape index (κ1) is 14.0. The Bertz CT molecular complexity index is 406. The average Bonchev–Trinajstić information content (AvgIpc) is 2.37. The molecule has 0 aliphatic carbocycles. The van der Waals surface area contributed by atoms with E-state index in [2.05, 4.69) is 0 Å². The maximum Gasteiger partial charge on any atom is 0.323 e. The van der Waals surface area contributed by atoms with E-state index in [-0.39, 0.29) is 12.5 Å². The van der Waals surface area contributed by atoms with E-state index >= 15 is 0 Å². The zero-order valence-electron chi connectivity index (χ0n) is 10.7. The van der Waals surface area contributed by atoms with Gasteiger partial charge in [-0.1, -0.05) is 18.2 Å². The van der Waals surface area contributed by atoms with E-state index in [1.807, 2.05) is 30.3 Å². The molecule has 1 aromatic rings. The van der Waals surface area contributed by atoms with Gasteiger partial charge in [0.05, 0.1) is 0 Å². The van der Waals surface area contributed by atoms with Crippen molar-refractivity contribution < 1.29 is 14.7 Å². The molecular formula is C13H18N2O3. The second-order valence-electron chi connectivity index (χ2n) is 4.10. The second-order valence-corrected chi connectivity index (χ2v) is 4.10. The Morgan fingerprint density at radius 3 is 2.33 bits per heavy atom. The lowest BCUT2D eigenvalue weighted by Gasteiger charge is -2.24. The van der Waals surface area contributed by atoms with Gasteiger partial charge in [0.2, 0.25) is 0 Å². The lowest BCUT2D eigenvalue weighted by molar-refractivity contribution is -0.137. The van der Waals surface area contributed by atoms with Crippen LogP contribution in [0.5, 0.6) is 0 Å². The van der Waals surface area contributed by atoms with E-state index in [9.17, 15) is 9.59 Å². The molecule has 0 fully saturated rings. The number of aliphatic carboxylic acids is 1. The number of carbonyl (C=O) groups excluding carboxylic acids is 1. The Labute approximate surface area is 107 Å². The lowest BCUT2D eigenvalue weighted by atomic mass is 10.3. The van der Waals surface area contributed by atoms with Crippen molar-refractivity contribution in [3.63, 3.8) is 0 Å². The van der Waals surface area contributed by atoms with Gasteiger partial charge in [-0.15, -0.1) is 0 Å². The van der Waals surface area contributed by atoms with Crippen molar-refractivity contribution in [1.29, 1.82) is 0 Å². The molecule has 1 N–H and O–H groups in total. The lowest BCUT2D eigenvalue weighted by Crippen LogP contribution is -2.39. The fourth-order valence-electron chi connectivity index (χ4n) is 1.58. The largest absolute Gasteiger partial charge is 0.481 e. The molecule has 0 saturated heterocycles. The summed E-state index contributed by atoms with van der Waals surface area (Å²) in [4.78, 5) is 25.5. The van der Waals surface area contributed by atoms with E-state index in [4.69, 9.17) is 5.11 Å². The molecule has 0 aromatic heterocycles. The zero-order chi connectivity index (χ0) is 13.5. The minimum absolute atomic E-state index is 0.0761. The molecule has 0 radical (unpaired) electrons. The normalized spacial score (nSPS) is 9.89. The molecule has 1 aromatic carbocycles. The predicted octanol–water partition coefficient (Wildman–Crippen LogP) is 2.04. The number of carboxylic acid groups (broad SMARTS) is 1. The molecule has 0 bridgehead atoms. The van der Waals surface area contributed by atoms with E-state index in [1.54, 1.807) is 19.0 Å². The summed E-state index contributed by atoms with van der Waals surface area (Å²) in [5.41, 5.74) is 0.813. The summed E-state index contributed by atoms with van der Waals surface area (Å²) in [6.07, 6.45) is 0.535. The fraction of sp³-hybridized carbons (Fsp3) is 0.385. The Morgan fingerprint density at radius 1 is 1.17 bits per heavy atom. The minimum Gasteiger partial charge on any atom is -0.481 e. The summed E-state index contributed by atoms with van der Waals surface area (Å²) >= 11 is 0. The molecule has 0 spiro atoms. The highest BCUT2D eigenvalue weighted by atomic mass is 16.4. The fourth-order valence-corrected chi connectivity index (χ4v) is 1.58. The average molecular weight is 250 g/mol.